The van der Waals surface area contributed by atoms with Crippen molar-refractivity contribution in [3.63, 3.8) is 0 Å². The Morgan fingerprint density at radius 3 is 3.06 bits per heavy atom. The van der Waals surface area contributed by atoms with Crippen LogP contribution in [0.3, 0.4) is 0 Å². The fourth-order valence-corrected chi connectivity index (χ4v) is 4.07. The van der Waals surface area contributed by atoms with Crippen molar-refractivity contribution in [3.8, 4) is 11.5 Å². The van der Waals surface area contributed by atoms with E-state index < -0.39 is 0 Å². The van der Waals surface area contributed by atoms with Gasteiger partial charge >= 0.3 is 0 Å². The number of carbonyl (C=O) groups excluding carboxylic acids is 1. The van der Waals surface area contributed by atoms with Crippen molar-refractivity contribution >= 4 is 11.9 Å². The van der Waals surface area contributed by atoms with Crippen molar-refractivity contribution in [1.29, 1.82) is 0 Å². The number of rotatable bonds is 4. The maximum atomic E-state index is 13.1. The molecule has 0 spiro atoms. The van der Waals surface area contributed by atoms with Crippen molar-refractivity contribution in [2.24, 2.45) is 0 Å². The SMILES string of the molecule is CCCc1nc(N2C[C@@H]3NC(=O)c4ccc(OC)c(c4)OCCn4cc(nn4)CO[C@H]3C2)no1. The molecular formula is C22H27N7O5. The molecule has 4 heterocycles. The summed E-state index contributed by atoms with van der Waals surface area (Å²) in [6, 6.07) is 4.81. The Morgan fingerprint density at radius 2 is 2.21 bits per heavy atom. The molecule has 3 aromatic rings. The average molecular weight is 470 g/mol. The Labute approximate surface area is 196 Å². The first-order valence-electron chi connectivity index (χ1n) is 11.3. The van der Waals surface area contributed by atoms with E-state index in [1.807, 2.05) is 11.1 Å². The number of carbonyl (C=O) groups is 1. The summed E-state index contributed by atoms with van der Waals surface area (Å²) in [6.07, 6.45) is 3.16. The number of aromatic nitrogens is 5. The number of aryl methyl sites for hydroxylation is 1. The summed E-state index contributed by atoms with van der Waals surface area (Å²) >= 11 is 0. The van der Waals surface area contributed by atoms with Gasteiger partial charge in [-0.3, -0.25) is 4.79 Å². The molecule has 1 N–H and O–H groups in total. The summed E-state index contributed by atoms with van der Waals surface area (Å²) in [6.45, 7) is 4.13. The molecule has 180 valence electrons. The lowest BCUT2D eigenvalue weighted by atomic mass is 10.1. The highest BCUT2D eigenvalue weighted by molar-refractivity contribution is 5.95. The van der Waals surface area contributed by atoms with Crippen molar-refractivity contribution in [3.05, 3.63) is 41.5 Å². The molecular weight excluding hydrogens is 442 g/mol. The first kappa shape index (κ1) is 22.1. The summed E-state index contributed by atoms with van der Waals surface area (Å²) in [5, 5.41) is 15.5. The zero-order valence-corrected chi connectivity index (χ0v) is 19.1. The number of hydrogen-bond acceptors (Lipinski definition) is 10. The highest BCUT2D eigenvalue weighted by Crippen LogP contribution is 2.29. The van der Waals surface area contributed by atoms with Crippen LogP contribution < -0.4 is 19.7 Å². The van der Waals surface area contributed by atoms with E-state index >= 15 is 0 Å². The fourth-order valence-electron chi connectivity index (χ4n) is 4.07. The van der Waals surface area contributed by atoms with Gasteiger partial charge in [0.05, 0.1) is 38.6 Å². The van der Waals surface area contributed by atoms with E-state index in [1.165, 1.54) is 0 Å². The highest BCUT2D eigenvalue weighted by atomic mass is 16.5. The molecule has 1 amide bonds. The smallest absolute Gasteiger partial charge is 0.266 e. The number of nitrogens with zero attached hydrogens (tertiary/aromatic N) is 6. The van der Waals surface area contributed by atoms with Gasteiger partial charge < -0.3 is 29.0 Å². The van der Waals surface area contributed by atoms with Gasteiger partial charge in [0.1, 0.15) is 12.3 Å². The summed E-state index contributed by atoms with van der Waals surface area (Å²) < 4.78 is 24.5. The van der Waals surface area contributed by atoms with Crippen LogP contribution in [-0.2, 0) is 24.3 Å². The van der Waals surface area contributed by atoms with Crippen LogP contribution in [0.25, 0.3) is 0 Å². The Bertz CT molecular complexity index is 1150. The largest absolute Gasteiger partial charge is 0.493 e. The highest BCUT2D eigenvalue weighted by Gasteiger charge is 2.37. The number of fused-ring (bicyclic) bond motifs is 5. The van der Waals surface area contributed by atoms with Crippen LogP contribution in [0.15, 0.2) is 28.9 Å². The summed E-state index contributed by atoms with van der Waals surface area (Å²) in [5.74, 6) is 1.90. The standard InChI is InChI=1S/C22H27N7O5/c1-3-4-20-24-22(26-34-20)28-11-16-19(12-28)33-13-15-10-29(27-25-15)7-8-32-18-9-14(21(30)23-16)5-6-17(18)31-2/h5-6,9-10,16,19H,3-4,7-8,11-13H2,1-2H3,(H,23,30)/t16-,19-/m0/s1. The normalized spacial score (nSPS) is 20.6. The molecule has 5 rings (SSSR count). The minimum Gasteiger partial charge on any atom is -0.493 e. The van der Waals surface area contributed by atoms with Crippen LogP contribution in [0.1, 0.15) is 35.3 Å². The molecule has 0 saturated carbocycles. The zero-order valence-electron chi connectivity index (χ0n) is 19.1. The molecule has 2 aromatic heterocycles. The number of ether oxygens (including phenoxy) is 3. The number of hydrogen-bond donors (Lipinski definition) is 1. The van der Waals surface area contributed by atoms with Gasteiger partial charge in [0.2, 0.25) is 5.89 Å². The molecule has 34 heavy (non-hydrogen) atoms. The molecule has 4 bridgehead atoms. The van der Waals surface area contributed by atoms with Crippen LogP contribution in [-0.4, -0.2) is 70.0 Å². The van der Waals surface area contributed by atoms with Crippen molar-refractivity contribution in [2.45, 2.75) is 45.1 Å². The van der Waals surface area contributed by atoms with Crippen LogP contribution >= 0.6 is 0 Å². The molecule has 2 aliphatic rings. The monoisotopic (exact) mass is 469 g/mol. The van der Waals surface area contributed by atoms with Gasteiger partial charge in [-0.2, -0.15) is 4.98 Å². The predicted octanol–water partition coefficient (Wildman–Crippen LogP) is 1.22. The van der Waals surface area contributed by atoms with Gasteiger partial charge in [-0.25, -0.2) is 4.68 Å². The molecule has 12 nitrogen and oxygen atoms in total. The zero-order chi connectivity index (χ0) is 23.5. The van der Waals surface area contributed by atoms with Gasteiger partial charge in [0.25, 0.3) is 11.9 Å². The molecule has 0 unspecified atom stereocenters. The Morgan fingerprint density at radius 1 is 1.29 bits per heavy atom. The lowest BCUT2D eigenvalue weighted by molar-refractivity contribution is 0.0347. The number of methoxy groups -OCH3 is 1. The number of amides is 1. The van der Waals surface area contributed by atoms with E-state index in [2.05, 4.69) is 32.7 Å². The number of nitrogens with one attached hydrogen (secondary N) is 1. The Hall–Kier alpha value is -3.67. The fraction of sp³-hybridized carbons (Fsp3) is 0.500. The van der Waals surface area contributed by atoms with Crippen LogP contribution in [0, 0.1) is 0 Å². The lowest BCUT2D eigenvalue weighted by Crippen LogP contribution is -2.44. The third kappa shape index (κ3) is 4.67. The summed E-state index contributed by atoms with van der Waals surface area (Å²) in [4.78, 5) is 19.6. The van der Waals surface area contributed by atoms with E-state index in [0.717, 1.165) is 12.8 Å². The quantitative estimate of drug-likeness (QED) is 0.595. The van der Waals surface area contributed by atoms with E-state index in [4.69, 9.17) is 18.7 Å². The summed E-state index contributed by atoms with van der Waals surface area (Å²) in [5.41, 5.74) is 1.16. The second-order valence-electron chi connectivity index (χ2n) is 8.26. The predicted molar refractivity (Wildman–Crippen MR) is 119 cm³/mol. The number of anilines is 1. The molecule has 1 aromatic carbocycles. The first-order chi connectivity index (χ1) is 16.6. The van der Waals surface area contributed by atoms with Crippen LogP contribution in [0.5, 0.6) is 11.5 Å². The number of benzene rings is 1. The maximum absolute atomic E-state index is 13.1. The topological polar surface area (TPSA) is 130 Å². The van der Waals surface area contributed by atoms with Crippen LogP contribution in [0.2, 0.25) is 0 Å². The van der Waals surface area contributed by atoms with Crippen molar-refractivity contribution in [1.82, 2.24) is 30.5 Å². The van der Waals surface area contributed by atoms with Gasteiger partial charge in [0.15, 0.2) is 11.5 Å². The van der Waals surface area contributed by atoms with E-state index in [1.54, 1.807) is 30.0 Å². The molecule has 1 saturated heterocycles. The second-order valence-corrected chi connectivity index (χ2v) is 8.26. The average Bonchev–Trinajstić information content (AvgIpc) is 3.58. The molecule has 2 aliphatic heterocycles. The van der Waals surface area contributed by atoms with Crippen molar-refractivity contribution < 1.29 is 23.5 Å². The van der Waals surface area contributed by atoms with Gasteiger partial charge in [0, 0.05) is 25.1 Å². The van der Waals surface area contributed by atoms with Gasteiger partial charge in [-0.05, 0) is 29.8 Å². The summed E-state index contributed by atoms with van der Waals surface area (Å²) in [7, 11) is 1.56. The molecule has 0 aliphatic carbocycles. The van der Waals surface area contributed by atoms with Gasteiger partial charge in [-0.1, -0.05) is 12.1 Å². The van der Waals surface area contributed by atoms with Crippen molar-refractivity contribution in [2.75, 3.05) is 31.7 Å². The minimum atomic E-state index is -0.304. The molecule has 1 fully saturated rings. The second kappa shape index (κ2) is 9.67. The third-order valence-electron chi connectivity index (χ3n) is 5.82. The minimum absolute atomic E-state index is 0.230. The van der Waals surface area contributed by atoms with E-state index in [-0.39, 0.29) is 24.7 Å². The van der Waals surface area contributed by atoms with Gasteiger partial charge in [-0.15, -0.1) is 5.10 Å². The molecule has 0 radical (unpaired) electrons. The Kier molecular flexibility index (Phi) is 6.30. The van der Waals surface area contributed by atoms with E-state index in [0.29, 0.717) is 60.8 Å². The van der Waals surface area contributed by atoms with Crippen LogP contribution in [0.4, 0.5) is 5.95 Å². The first-order valence-corrected chi connectivity index (χ1v) is 11.3. The maximum Gasteiger partial charge on any atom is 0.266 e. The van der Waals surface area contributed by atoms with E-state index in [9.17, 15) is 4.79 Å². The molecule has 12 heteroatoms. The Balaban J connectivity index is 1.41. The molecule has 2 atom stereocenters. The lowest BCUT2D eigenvalue weighted by Gasteiger charge is -2.20. The third-order valence-corrected chi connectivity index (χ3v) is 5.82.